The van der Waals surface area contributed by atoms with E-state index >= 15 is 0 Å². The lowest BCUT2D eigenvalue weighted by Crippen LogP contribution is -2.31. The average Bonchev–Trinajstić information content (AvgIpc) is 2.30. The standard InChI is InChI=1S/C12H14N3/c1-14(2)11-6-5-9-15(10-11)12-7-3-4-8-13-12/h3-10H,1-2H3/q+1. The molecule has 0 unspecified atom stereocenters. The monoisotopic (exact) mass is 200 g/mol. The zero-order valence-corrected chi connectivity index (χ0v) is 8.96. The van der Waals surface area contributed by atoms with Crippen LogP contribution in [0.1, 0.15) is 0 Å². The quantitative estimate of drug-likeness (QED) is 0.683. The molecule has 3 heteroatoms. The summed E-state index contributed by atoms with van der Waals surface area (Å²) < 4.78 is 2.01. The SMILES string of the molecule is CN(C)c1ccc[n+](-c2ccccn2)c1. The fourth-order valence-electron chi connectivity index (χ4n) is 1.38. The third kappa shape index (κ3) is 2.13. The minimum Gasteiger partial charge on any atom is -0.375 e. The van der Waals surface area contributed by atoms with Crippen LogP contribution in [0.5, 0.6) is 0 Å². The summed E-state index contributed by atoms with van der Waals surface area (Å²) in [5.74, 6) is 0.932. The Balaban J connectivity index is 2.42. The molecular formula is C12H14N3+. The van der Waals surface area contributed by atoms with Crippen molar-refractivity contribution >= 4 is 5.69 Å². The van der Waals surface area contributed by atoms with E-state index in [9.17, 15) is 0 Å². The van der Waals surface area contributed by atoms with E-state index in [1.54, 1.807) is 6.20 Å². The van der Waals surface area contributed by atoms with Gasteiger partial charge in [-0.25, -0.2) is 4.57 Å². The summed E-state index contributed by atoms with van der Waals surface area (Å²) >= 11 is 0. The maximum atomic E-state index is 4.29. The predicted molar refractivity (Wildman–Crippen MR) is 60.1 cm³/mol. The van der Waals surface area contributed by atoms with E-state index in [0.29, 0.717) is 0 Å². The van der Waals surface area contributed by atoms with E-state index in [-0.39, 0.29) is 0 Å². The van der Waals surface area contributed by atoms with Crippen LogP contribution in [0.25, 0.3) is 5.82 Å². The van der Waals surface area contributed by atoms with Crippen molar-refractivity contribution in [3.05, 3.63) is 48.9 Å². The topological polar surface area (TPSA) is 20.0 Å². The first kappa shape index (κ1) is 9.65. The highest BCUT2D eigenvalue weighted by Crippen LogP contribution is 2.06. The van der Waals surface area contributed by atoms with Crippen LogP contribution in [0.15, 0.2) is 48.9 Å². The van der Waals surface area contributed by atoms with Gasteiger partial charge in [0.15, 0.2) is 0 Å². The van der Waals surface area contributed by atoms with Crippen LogP contribution in [0.4, 0.5) is 5.69 Å². The third-order valence-corrected chi connectivity index (χ3v) is 2.22. The molecule has 0 aliphatic rings. The summed E-state index contributed by atoms with van der Waals surface area (Å²) in [5.41, 5.74) is 1.16. The number of nitrogens with zero attached hydrogens (tertiary/aromatic N) is 3. The maximum Gasteiger partial charge on any atom is 0.327 e. The van der Waals surface area contributed by atoms with Gasteiger partial charge in [0.25, 0.3) is 0 Å². The third-order valence-electron chi connectivity index (χ3n) is 2.22. The molecule has 0 atom stereocenters. The molecule has 0 saturated carbocycles. The van der Waals surface area contributed by atoms with Gasteiger partial charge in [0.2, 0.25) is 0 Å². The highest BCUT2D eigenvalue weighted by atomic mass is 15.1. The van der Waals surface area contributed by atoms with Gasteiger partial charge in [-0.1, -0.05) is 6.07 Å². The van der Waals surface area contributed by atoms with Gasteiger partial charge in [0, 0.05) is 20.2 Å². The van der Waals surface area contributed by atoms with Gasteiger partial charge in [-0.2, -0.15) is 0 Å². The number of hydrogen-bond acceptors (Lipinski definition) is 2. The molecule has 0 aliphatic carbocycles. The first-order valence-corrected chi connectivity index (χ1v) is 4.87. The molecule has 0 fully saturated rings. The van der Waals surface area contributed by atoms with Crippen LogP contribution in [-0.4, -0.2) is 19.1 Å². The first-order chi connectivity index (χ1) is 7.27. The second kappa shape index (κ2) is 4.09. The van der Waals surface area contributed by atoms with Crippen LogP contribution in [0.2, 0.25) is 0 Å². The number of hydrogen-bond donors (Lipinski definition) is 0. The van der Waals surface area contributed by atoms with E-state index in [4.69, 9.17) is 0 Å². The van der Waals surface area contributed by atoms with Crippen LogP contribution < -0.4 is 9.47 Å². The minimum absolute atomic E-state index is 0.932. The van der Waals surface area contributed by atoms with Gasteiger partial charge in [-0.05, 0) is 23.2 Å². The van der Waals surface area contributed by atoms with Crippen molar-refractivity contribution in [3.63, 3.8) is 0 Å². The van der Waals surface area contributed by atoms with E-state index in [2.05, 4.69) is 22.1 Å². The molecule has 2 aromatic rings. The smallest absolute Gasteiger partial charge is 0.327 e. The zero-order valence-electron chi connectivity index (χ0n) is 8.96. The van der Waals surface area contributed by atoms with Gasteiger partial charge >= 0.3 is 5.82 Å². The molecule has 0 amide bonds. The van der Waals surface area contributed by atoms with Gasteiger partial charge < -0.3 is 4.90 Å². The molecule has 0 spiro atoms. The molecule has 15 heavy (non-hydrogen) atoms. The Morgan fingerprint density at radius 2 is 2.00 bits per heavy atom. The molecule has 2 heterocycles. The Labute approximate surface area is 89.6 Å². The van der Waals surface area contributed by atoms with Crippen molar-refractivity contribution in [2.45, 2.75) is 0 Å². The number of aromatic nitrogens is 2. The van der Waals surface area contributed by atoms with E-state index in [1.165, 1.54) is 0 Å². The first-order valence-electron chi connectivity index (χ1n) is 4.87. The second-order valence-electron chi connectivity index (χ2n) is 3.55. The average molecular weight is 200 g/mol. The maximum absolute atomic E-state index is 4.29. The van der Waals surface area contributed by atoms with Crippen LogP contribution >= 0.6 is 0 Å². The summed E-state index contributed by atoms with van der Waals surface area (Å²) in [5, 5.41) is 0. The summed E-state index contributed by atoms with van der Waals surface area (Å²) in [6.45, 7) is 0. The lowest BCUT2D eigenvalue weighted by atomic mass is 10.4. The van der Waals surface area contributed by atoms with Gasteiger partial charge in [-0.15, -0.1) is 0 Å². The van der Waals surface area contributed by atoms with E-state index in [1.807, 2.05) is 49.1 Å². The molecule has 76 valence electrons. The molecule has 0 aliphatic heterocycles. The lowest BCUT2D eigenvalue weighted by molar-refractivity contribution is -0.599. The van der Waals surface area contributed by atoms with Crippen LogP contribution in [0.3, 0.4) is 0 Å². The minimum atomic E-state index is 0.932. The van der Waals surface area contributed by atoms with Gasteiger partial charge in [0.05, 0.1) is 11.9 Å². The molecule has 2 rings (SSSR count). The Bertz CT molecular complexity index is 438. The predicted octanol–water partition coefficient (Wildman–Crippen LogP) is 1.42. The fourth-order valence-corrected chi connectivity index (χ4v) is 1.38. The molecule has 2 aromatic heterocycles. The molecule has 0 aromatic carbocycles. The Kier molecular flexibility index (Phi) is 2.63. The normalized spacial score (nSPS) is 10.0. The zero-order chi connectivity index (χ0) is 10.7. The van der Waals surface area contributed by atoms with Gasteiger partial charge in [-0.3, -0.25) is 0 Å². The largest absolute Gasteiger partial charge is 0.375 e. The summed E-state index contributed by atoms with van der Waals surface area (Å²) in [6, 6.07) is 9.97. The van der Waals surface area contributed by atoms with Crippen LogP contribution in [0, 0.1) is 0 Å². The highest BCUT2D eigenvalue weighted by Gasteiger charge is 2.06. The molecular weight excluding hydrogens is 186 g/mol. The molecule has 3 nitrogen and oxygen atoms in total. The number of anilines is 1. The molecule has 0 N–H and O–H groups in total. The lowest BCUT2D eigenvalue weighted by Gasteiger charge is -2.10. The highest BCUT2D eigenvalue weighted by molar-refractivity contribution is 5.40. The van der Waals surface area contributed by atoms with Crippen molar-refractivity contribution in [2.75, 3.05) is 19.0 Å². The van der Waals surface area contributed by atoms with E-state index in [0.717, 1.165) is 11.5 Å². The van der Waals surface area contributed by atoms with Crippen molar-refractivity contribution < 1.29 is 4.57 Å². The molecule has 0 radical (unpaired) electrons. The number of rotatable bonds is 2. The van der Waals surface area contributed by atoms with Crippen LogP contribution in [-0.2, 0) is 0 Å². The van der Waals surface area contributed by atoms with Crippen molar-refractivity contribution in [1.29, 1.82) is 0 Å². The summed E-state index contributed by atoms with van der Waals surface area (Å²) in [7, 11) is 4.05. The summed E-state index contributed by atoms with van der Waals surface area (Å²) in [6.07, 6.45) is 5.85. The van der Waals surface area contributed by atoms with Gasteiger partial charge in [0.1, 0.15) is 12.4 Å². The second-order valence-corrected chi connectivity index (χ2v) is 3.55. The molecule has 0 saturated heterocycles. The summed E-state index contributed by atoms with van der Waals surface area (Å²) in [4.78, 5) is 6.36. The van der Waals surface area contributed by atoms with Crippen molar-refractivity contribution in [3.8, 4) is 5.82 Å². The molecule has 0 bridgehead atoms. The Morgan fingerprint density at radius 1 is 1.13 bits per heavy atom. The number of pyridine rings is 2. The Morgan fingerprint density at radius 3 is 2.67 bits per heavy atom. The van der Waals surface area contributed by atoms with E-state index < -0.39 is 0 Å². The van der Waals surface area contributed by atoms with Crippen molar-refractivity contribution in [2.24, 2.45) is 0 Å². The Hall–Kier alpha value is -1.90. The van der Waals surface area contributed by atoms with Crippen molar-refractivity contribution in [1.82, 2.24) is 4.98 Å². The fraction of sp³-hybridized carbons (Fsp3) is 0.167.